The molecule has 0 spiro atoms. The summed E-state index contributed by atoms with van der Waals surface area (Å²) < 4.78 is 33.1. The van der Waals surface area contributed by atoms with Crippen LogP contribution in [0.5, 0.6) is 0 Å². The van der Waals surface area contributed by atoms with E-state index in [9.17, 15) is 8.42 Å². The predicted molar refractivity (Wildman–Crippen MR) is 69.3 cm³/mol. The van der Waals surface area contributed by atoms with Crippen molar-refractivity contribution in [3.05, 3.63) is 29.8 Å². The van der Waals surface area contributed by atoms with E-state index in [1.54, 1.807) is 24.3 Å². The van der Waals surface area contributed by atoms with Gasteiger partial charge in [0, 0.05) is 18.7 Å². The predicted octanol–water partition coefficient (Wildman–Crippen LogP) is 0.657. The van der Waals surface area contributed by atoms with Crippen molar-refractivity contribution < 1.29 is 13.2 Å². The zero-order valence-corrected chi connectivity index (χ0v) is 10.6. The Labute approximate surface area is 107 Å². The van der Waals surface area contributed by atoms with Gasteiger partial charge >= 0.3 is 10.2 Å². The number of morpholine rings is 1. The van der Waals surface area contributed by atoms with E-state index >= 15 is 0 Å². The van der Waals surface area contributed by atoms with E-state index in [1.807, 2.05) is 0 Å². The molecule has 6 heteroatoms. The summed E-state index contributed by atoms with van der Waals surface area (Å²) in [5, 5.41) is 0. The number of anilines is 1. The Kier molecular flexibility index (Phi) is 3.87. The number of nitrogens with zero attached hydrogens (tertiary/aromatic N) is 1. The molecule has 1 heterocycles. The molecule has 1 N–H and O–H groups in total. The second-order valence-electron chi connectivity index (χ2n) is 3.84. The molecule has 1 fully saturated rings. The van der Waals surface area contributed by atoms with Crippen molar-refractivity contribution in [1.29, 1.82) is 0 Å². The lowest BCUT2D eigenvalue weighted by molar-refractivity contribution is 0.0733. The van der Waals surface area contributed by atoms with E-state index < -0.39 is 10.2 Å². The fourth-order valence-corrected chi connectivity index (χ4v) is 2.86. The van der Waals surface area contributed by atoms with Crippen molar-refractivity contribution >= 4 is 15.9 Å². The summed E-state index contributed by atoms with van der Waals surface area (Å²) in [6.45, 7) is 1.57. The van der Waals surface area contributed by atoms with Crippen LogP contribution in [0.3, 0.4) is 0 Å². The first-order valence-electron chi connectivity index (χ1n) is 5.54. The second-order valence-corrected chi connectivity index (χ2v) is 5.51. The van der Waals surface area contributed by atoms with Gasteiger partial charge in [-0.15, -0.1) is 6.42 Å². The number of hydrogen-bond acceptors (Lipinski definition) is 3. The lowest BCUT2D eigenvalue weighted by atomic mass is 10.2. The Balaban J connectivity index is 2.14. The summed E-state index contributed by atoms with van der Waals surface area (Å²) in [5.41, 5.74) is 1.11. The van der Waals surface area contributed by atoms with Gasteiger partial charge in [-0.1, -0.05) is 12.0 Å². The molecule has 1 aromatic carbocycles. The van der Waals surface area contributed by atoms with Crippen LogP contribution in [0.1, 0.15) is 5.56 Å². The first-order chi connectivity index (χ1) is 8.62. The molecule has 18 heavy (non-hydrogen) atoms. The maximum Gasteiger partial charge on any atom is 0.301 e. The number of rotatable bonds is 3. The smallest absolute Gasteiger partial charge is 0.301 e. The zero-order valence-electron chi connectivity index (χ0n) is 9.80. The van der Waals surface area contributed by atoms with Crippen LogP contribution in [0.15, 0.2) is 24.3 Å². The van der Waals surface area contributed by atoms with Gasteiger partial charge in [0.05, 0.1) is 18.9 Å². The number of benzene rings is 1. The fourth-order valence-electron chi connectivity index (χ4n) is 1.67. The van der Waals surface area contributed by atoms with E-state index in [-0.39, 0.29) is 0 Å². The average molecular weight is 266 g/mol. The van der Waals surface area contributed by atoms with E-state index in [2.05, 4.69) is 10.6 Å². The Hall–Kier alpha value is -1.55. The Bertz CT molecular complexity index is 557. The number of terminal acetylenes is 1. The van der Waals surface area contributed by atoms with Crippen molar-refractivity contribution in [2.24, 2.45) is 0 Å². The molecule has 1 aliphatic heterocycles. The van der Waals surface area contributed by atoms with Crippen LogP contribution in [-0.4, -0.2) is 39.0 Å². The SMILES string of the molecule is C#Cc1cccc(NS(=O)(=O)N2CCOCC2)c1. The molecule has 0 aliphatic carbocycles. The molecule has 2 rings (SSSR count). The lowest BCUT2D eigenvalue weighted by Crippen LogP contribution is -2.43. The minimum Gasteiger partial charge on any atom is -0.379 e. The van der Waals surface area contributed by atoms with Crippen LogP contribution < -0.4 is 4.72 Å². The molecule has 0 atom stereocenters. The second kappa shape index (κ2) is 5.40. The largest absolute Gasteiger partial charge is 0.379 e. The molecule has 1 saturated heterocycles. The maximum atomic E-state index is 12.1. The molecule has 0 saturated carbocycles. The topological polar surface area (TPSA) is 58.6 Å². The summed E-state index contributed by atoms with van der Waals surface area (Å²) >= 11 is 0. The molecule has 0 unspecified atom stereocenters. The zero-order chi connectivity index (χ0) is 13.0. The van der Waals surface area contributed by atoms with Crippen molar-refractivity contribution in [3.8, 4) is 12.3 Å². The summed E-state index contributed by atoms with van der Waals surface area (Å²) in [7, 11) is -3.53. The van der Waals surface area contributed by atoms with Gasteiger partial charge in [-0.3, -0.25) is 4.72 Å². The van der Waals surface area contributed by atoms with Crippen LogP contribution in [0, 0.1) is 12.3 Å². The first kappa shape index (κ1) is 12.9. The summed E-state index contributed by atoms with van der Waals surface area (Å²) in [6.07, 6.45) is 5.27. The van der Waals surface area contributed by atoms with Crippen molar-refractivity contribution in [3.63, 3.8) is 0 Å². The van der Waals surface area contributed by atoms with Crippen molar-refractivity contribution in [2.45, 2.75) is 0 Å². The molecule has 0 radical (unpaired) electrons. The summed E-state index contributed by atoms with van der Waals surface area (Å²) in [5.74, 6) is 2.46. The van der Waals surface area contributed by atoms with Crippen molar-refractivity contribution in [2.75, 3.05) is 31.0 Å². The normalized spacial score (nSPS) is 17.1. The first-order valence-corrected chi connectivity index (χ1v) is 6.98. The van der Waals surface area contributed by atoms with Crippen LogP contribution in [0.4, 0.5) is 5.69 Å². The molecule has 96 valence electrons. The third-order valence-electron chi connectivity index (χ3n) is 2.59. The van der Waals surface area contributed by atoms with Gasteiger partial charge in [0.1, 0.15) is 0 Å². The quantitative estimate of drug-likeness (QED) is 0.818. The third-order valence-corrected chi connectivity index (χ3v) is 4.12. The molecular weight excluding hydrogens is 252 g/mol. The van der Waals surface area contributed by atoms with E-state index in [1.165, 1.54) is 4.31 Å². The average Bonchev–Trinajstić information content (AvgIpc) is 2.39. The summed E-state index contributed by atoms with van der Waals surface area (Å²) in [4.78, 5) is 0. The van der Waals surface area contributed by atoms with Gasteiger partial charge in [0.2, 0.25) is 0 Å². The molecular formula is C12H14N2O3S. The van der Waals surface area contributed by atoms with Crippen LogP contribution in [0.2, 0.25) is 0 Å². The van der Waals surface area contributed by atoms with Crippen molar-refractivity contribution in [1.82, 2.24) is 4.31 Å². The number of ether oxygens (including phenoxy) is 1. The maximum absolute atomic E-state index is 12.1. The fraction of sp³-hybridized carbons (Fsp3) is 0.333. The minimum absolute atomic E-state index is 0.365. The Morgan fingerprint density at radius 3 is 2.72 bits per heavy atom. The molecule has 0 amide bonds. The van der Waals surface area contributed by atoms with E-state index in [4.69, 9.17) is 11.2 Å². The Morgan fingerprint density at radius 1 is 1.33 bits per heavy atom. The standard InChI is InChI=1S/C12H14N2O3S/c1-2-11-4-3-5-12(10-11)13-18(15,16)14-6-8-17-9-7-14/h1,3-5,10,13H,6-9H2. The monoisotopic (exact) mass is 266 g/mol. The highest BCUT2D eigenvalue weighted by atomic mass is 32.2. The van der Waals surface area contributed by atoms with Gasteiger partial charge in [0.15, 0.2) is 0 Å². The molecule has 5 nitrogen and oxygen atoms in total. The highest BCUT2D eigenvalue weighted by Gasteiger charge is 2.23. The minimum atomic E-state index is -3.53. The van der Waals surface area contributed by atoms with Crippen LogP contribution >= 0.6 is 0 Å². The van der Waals surface area contributed by atoms with Crippen LogP contribution in [0.25, 0.3) is 0 Å². The van der Waals surface area contributed by atoms with E-state index in [0.717, 1.165) is 0 Å². The number of nitrogens with one attached hydrogen (secondary N) is 1. The number of hydrogen-bond donors (Lipinski definition) is 1. The highest BCUT2D eigenvalue weighted by Crippen LogP contribution is 2.14. The Morgan fingerprint density at radius 2 is 2.06 bits per heavy atom. The van der Waals surface area contributed by atoms with Gasteiger partial charge in [-0.05, 0) is 18.2 Å². The summed E-state index contributed by atoms with van der Waals surface area (Å²) in [6, 6.07) is 6.75. The lowest BCUT2D eigenvalue weighted by Gasteiger charge is -2.26. The molecule has 1 aliphatic rings. The molecule has 1 aromatic rings. The van der Waals surface area contributed by atoms with Gasteiger partial charge < -0.3 is 4.74 Å². The molecule has 0 bridgehead atoms. The van der Waals surface area contributed by atoms with Gasteiger partial charge in [0.25, 0.3) is 0 Å². The highest BCUT2D eigenvalue weighted by molar-refractivity contribution is 7.90. The molecule has 0 aromatic heterocycles. The van der Waals surface area contributed by atoms with Gasteiger partial charge in [-0.25, -0.2) is 0 Å². The third kappa shape index (κ3) is 3.01. The van der Waals surface area contributed by atoms with E-state index in [0.29, 0.717) is 37.6 Å². The van der Waals surface area contributed by atoms with Gasteiger partial charge in [-0.2, -0.15) is 12.7 Å². The van der Waals surface area contributed by atoms with Crippen LogP contribution in [-0.2, 0) is 14.9 Å².